The Morgan fingerprint density at radius 2 is 1.38 bits per heavy atom. The number of hydrogen-bond donors (Lipinski definition) is 0. The molecule has 0 aliphatic carbocycles. The van der Waals surface area contributed by atoms with Crippen LogP contribution in [0.3, 0.4) is 0 Å². The van der Waals surface area contributed by atoms with Gasteiger partial charge in [0.15, 0.2) is 5.92 Å². The van der Waals surface area contributed by atoms with E-state index in [-0.39, 0.29) is 12.2 Å². The van der Waals surface area contributed by atoms with E-state index in [2.05, 4.69) is 13.2 Å². The average Bonchev–Trinajstić information content (AvgIpc) is 2.05. The Balaban J connectivity index is 5.01. The smallest absolute Gasteiger partial charge is 0.282 e. The summed E-state index contributed by atoms with van der Waals surface area (Å²) in [5.74, 6) is -10.8. The molecule has 0 atom stereocenters. The van der Waals surface area contributed by atoms with Crippen LogP contribution in [0, 0.1) is 5.92 Å². The van der Waals surface area contributed by atoms with Gasteiger partial charge in [-0.05, 0) is 12.2 Å². The predicted octanol–water partition coefficient (Wildman–Crippen LogP) is 2.35. The van der Waals surface area contributed by atoms with Crippen molar-refractivity contribution in [1.29, 1.82) is 0 Å². The zero-order chi connectivity index (χ0) is 10.7. The number of alkyl halides is 4. The first-order valence-electron chi connectivity index (χ1n) is 3.22. The van der Waals surface area contributed by atoms with Crippen LogP contribution in [0.25, 0.3) is 0 Å². The molecule has 0 aliphatic heterocycles. The van der Waals surface area contributed by atoms with Crippen molar-refractivity contribution in [1.82, 2.24) is 0 Å². The first-order valence-corrected chi connectivity index (χ1v) is 3.22. The molecular formula is C8H7F4O. The Labute approximate surface area is 72.7 Å². The van der Waals surface area contributed by atoms with Gasteiger partial charge < -0.3 is 0 Å². The van der Waals surface area contributed by atoms with Crippen molar-refractivity contribution < 1.29 is 22.4 Å². The van der Waals surface area contributed by atoms with Gasteiger partial charge in [-0.2, -0.15) is 0 Å². The quantitative estimate of drug-likeness (QED) is 0.486. The minimum Gasteiger partial charge on any atom is -0.290 e. The maximum Gasteiger partial charge on any atom is 0.282 e. The van der Waals surface area contributed by atoms with Gasteiger partial charge in [0.2, 0.25) is 6.29 Å². The van der Waals surface area contributed by atoms with Crippen molar-refractivity contribution in [2.75, 3.05) is 0 Å². The molecule has 0 aromatic rings. The average molecular weight is 195 g/mol. The van der Waals surface area contributed by atoms with E-state index in [1.807, 2.05) is 0 Å². The topological polar surface area (TPSA) is 17.1 Å². The van der Waals surface area contributed by atoms with Gasteiger partial charge in [-0.3, -0.25) is 4.79 Å². The molecule has 0 N–H and O–H groups in total. The summed E-state index contributed by atoms with van der Waals surface area (Å²) in [6.07, 6.45) is 0.564. The molecule has 0 saturated carbocycles. The molecule has 13 heavy (non-hydrogen) atoms. The molecule has 0 amide bonds. The third-order valence-electron chi connectivity index (χ3n) is 1.43. The molecule has 0 bridgehead atoms. The predicted molar refractivity (Wildman–Crippen MR) is 39.5 cm³/mol. The Bertz CT molecular complexity index is 202. The summed E-state index contributed by atoms with van der Waals surface area (Å²) >= 11 is 0. The van der Waals surface area contributed by atoms with Gasteiger partial charge in [0.1, 0.15) is 0 Å². The monoisotopic (exact) mass is 195 g/mol. The molecule has 0 fully saturated rings. The van der Waals surface area contributed by atoms with E-state index in [0.29, 0.717) is 6.29 Å². The number of allylic oxidation sites excluding steroid dienone is 2. The largest absolute Gasteiger partial charge is 0.290 e. The Morgan fingerprint density at radius 3 is 1.54 bits per heavy atom. The molecule has 1 nitrogen and oxygen atoms in total. The van der Waals surface area contributed by atoms with Crippen LogP contribution in [0.1, 0.15) is 0 Å². The van der Waals surface area contributed by atoms with Crippen LogP contribution < -0.4 is 0 Å². The van der Waals surface area contributed by atoms with Crippen molar-refractivity contribution in [3.8, 4) is 0 Å². The van der Waals surface area contributed by atoms with Crippen molar-refractivity contribution in [3.05, 3.63) is 25.3 Å². The summed E-state index contributed by atoms with van der Waals surface area (Å²) in [6, 6.07) is 0. The van der Waals surface area contributed by atoms with E-state index in [1.54, 1.807) is 0 Å². The Hall–Kier alpha value is -1.13. The normalized spacial score (nSPS) is 12.7. The fourth-order valence-corrected chi connectivity index (χ4v) is 0.649. The third-order valence-corrected chi connectivity index (χ3v) is 1.43. The third kappa shape index (κ3) is 2.40. The van der Waals surface area contributed by atoms with Gasteiger partial charge in [-0.15, -0.1) is 0 Å². The molecule has 0 aromatic carbocycles. The van der Waals surface area contributed by atoms with E-state index in [9.17, 15) is 22.4 Å². The highest BCUT2D eigenvalue weighted by atomic mass is 19.3. The lowest BCUT2D eigenvalue weighted by Crippen LogP contribution is -2.40. The zero-order valence-electron chi connectivity index (χ0n) is 6.57. The van der Waals surface area contributed by atoms with Crippen molar-refractivity contribution in [2.45, 2.75) is 11.8 Å². The second kappa shape index (κ2) is 3.72. The first kappa shape index (κ1) is 11.9. The second-order valence-corrected chi connectivity index (χ2v) is 2.31. The van der Waals surface area contributed by atoms with Crippen molar-refractivity contribution in [3.63, 3.8) is 0 Å². The molecule has 1 radical (unpaired) electrons. The number of hydrogen-bond acceptors (Lipinski definition) is 1. The highest BCUT2D eigenvalue weighted by molar-refractivity contribution is 5.59. The zero-order valence-corrected chi connectivity index (χ0v) is 6.57. The second-order valence-electron chi connectivity index (χ2n) is 2.31. The summed E-state index contributed by atoms with van der Waals surface area (Å²) in [5, 5.41) is 0. The summed E-state index contributed by atoms with van der Waals surface area (Å²) in [6.45, 7) is 5.30. The number of rotatable bonds is 5. The fraction of sp³-hybridized carbons (Fsp3) is 0.375. The standard InChI is InChI=1S/C8H7F4O/c1-3-7(9,10)6(5-13)8(11,12)4-2/h3-4,6H,1-2H2. The molecular weight excluding hydrogens is 188 g/mol. The number of carbonyl (C=O) groups excluding carboxylic acids is 1. The van der Waals surface area contributed by atoms with E-state index >= 15 is 0 Å². The maximum absolute atomic E-state index is 12.6. The van der Waals surface area contributed by atoms with Crippen molar-refractivity contribution in [2.24, 2.45) is 5.92 Å². The van der Waals surface area contributed by atoms with Crippen LogP contribution in [0.15, 0.2) is 25.3 Å². The first-order chi connectivity index (χ1) is 5.81. The Kier molecular flexibility index (Phi) is 3.40. The van der Waals surface area contributed by atoms with Gasteiger partial charge in [0.25, 0.3) is 11.8 Å². The summed E-state index contributed by atoms with van der Waals surface area (Å²) in [4.78, 5) is 9.94. The van der Waals surface area contributed by atoms with Crippen LogP contribution in [-0.2, 0) is 4.79 Å². The SMILES string of the molecule is C=CC(F)(F)C([C]=O)C(F)(F)C=C. The van der Waals surface area contributed by atoms with Crippen LogP contribution in [0.4, 0.5) is 17.6 Å². The molecule has 73 valence electrons. The van der Waals surface area contributed by atoms with E-state index in [1.165, 1.54) is 0 Å². The van der Waals surface area contributed by atoms with E-state index in [0.717, 1.165) is 0 Å². The maximum atomic E-state index is 12.6. The lowest BCUT2D eigenvalue weighted by atomic mass is 9.95. The Morgan fingerprint density at radius 1 is 1.08 bits per heavy atom. The van der Waals surface area contributed by atoms with Crippen LogP contribution in [0.5, 0.6) is 0 Å². The molecule has 0 spiro atoms. The fourth-order valence-electron chi connectivity index (χ4n) is 0.649. The van der Waals surface area contributed by atoms with Gasteiger partial charge in [-0.25, -0.2) is 17.6 Å². The van der Waals surface area contributed by atoms with Crippen LogP contribution >= 0.6 is 0 Å². The van der Waals surface area contributed by atoms with E-state index < -0.39 is 17.8 Å². The minimum atomic E-state index is -3.99. The van der Waals surface area contributed by atoms with Gasteiger partial charge in [-0.1, -0.05) is 13.2 Å². The lowest BCUT2D eigenvalue weighted by Gasteiger charge is -2.23. The molecule has 0 saturated heterocycles. The van der Waals surface area contributed by atoms with Crippen LogP contribution in [0.2, 0.25) is 0 Å². The van der Waals surface area contributed by atoms with Crippen molar-refractivity contribution >= 4 is 6.29 Å². The molecule has 0 heterocycles. The molecule has 0 aromatic heterocycles. The summed E-state index contributed by atoms with van der Waals surface area (Å²) in [5.41, 5.74) is 0. The molecule has 0 aliphatic rings. The lowest BCUT2D eigenvalue weighted by molar-refractivity contribution is -0.0903. The minimum absolute atomic E-state index is 0.0139. The molecule has 5 heteroatoms. The van der Waals surface area contributed by atoms with Gasteiger partial charge in [0, 0.05) is 0 Å². The van der Waals surface area contributed by atoms with Gasteiger partial charge in [0.05, 0.1) is 0 Å². The molecule has 0 rings (SSSR count). The highest BCUT2D eigenvalue weighted by Gasteiger charge is 2.52. The summed E-state index contributed by atoms with van der Waals surface area (Å²) in [7, 11) is 0. The molecule has 0 unspecified atom stereocenters. The van der Waals surface area contributed by atoms with Crippen LogP contribution in [-0.4, -0.2) is 18.1 Å². The number of halogens is 4. The van der Waals surface area contributed by atoms with Gasteiger partial charge >= 0.3 is 0 Å². The summed E-state index contributed by atoms with van der Waals surface area (Å²) < 4.78 is 50.4. The highest BCUT2D eigenvalue weighted by Crippen LogP contribution is 2.37. The van der Waals surface area contributed by atoms with E-state index in [4.69, 9.17) is 0 Å².